The van der Waals surface area contributed by atoms with Crippen molar-refractivity contribution in [3.8, 4) is 0 Å². The topological polar surface area (TPSA) is 87.7 Å². The Balaban J connectivity index is 2.01. The number of nitrogens with one attached hydrogen (secondary N) is 2. The predicted octanol–water partition coefficient (Wildman–Crippen LogP) is 1.89. The summed E-state index contributed by atoms with van der Waals surface area (Å²) in [6.07, 6.45) is 1.53. The number of nitrogens with zero attached hydrogens (tertiary/aromatic N) is 1. The van der Waals surface area contributed by atoms with Gasteiger partial charge in [-0.15, -0.1) is 0 Å². The Morgan fingerprint density at radius 1 is 1.44 bits per heavy atom. The summed E-state index contributed by atoms with van der Waals surface area (Å²) in [5.74, 6) is -1.23. The maximum atomic E-state index is 12.4. The van der Waals surface area contributed by atoms with Crippen molar-refractivity contribution in [1.29, 1.82) is 0 Å². The van der Waals surface area contributed by atoms with Gasteiger partial charge in [-0.1, -0.05) is 31.0 Å². The molecule has 1 unspecified atom stereocenters. The highest BCUT2D eigenvalue weighted by molar-refractivity contribution is 7.80. The van der Waals surface area contributed by atoms with Crippen LogP contribution in [0.2, 0.25) is 5.02 Å². The van der Waals surface area contributed by atoms with Crippen LogP contribution in [0.3, 0.4) is 0 Å². The van der Waals surface area contributed by atoms with E-state index in [1.54, 1.807) is 18.2 Å². The van der Waals surface area contributed by atoms with E-state index in [4.69, 9.17) is 28.6 Å². The summed E-state index contributed by atoms with van der Waals surface area (Å²) < 4.78 is 5.13. The van der Waals surface area contributed by atoms with Crippen LogP contribution in [-0.4, -0.2) is 53.5 Å². The molecule has 1 heterocycles. The number of esters is 1. The number of carbonyl (C=O) groups is 3. The lowest BCUT2D eigenvalue weighted by molar-refractivity contribution is -0.147. The molecular weight excluding hydrogens is 390 g/mol. The van der Waals surface area contributed by atoms with Crippen molar-refractivity contribution in [3.05, 3.63) is 34.9 Å². The molecule has 0 radical (unpaired) electrons. The monoisotopic (exact) mass is 411 g/mol. The Morgan fingerprint density at radius 2 is 2.22 bits per heavy atom. The van der Waals surface area contributed by atoms with Gasteiger partial charge in [-0.2, -0.15) is 0 Å². The number of piperazine rings is 1. The Morgan fingerprint density at radius 3 is 2.93 bits per heavy atom. The Kier molecular flexibility index (Phi) is 7.99. The van der Waals surface area contributed by atoms with Crippen LogP contribution in [-0.2, 0) is 14.3 Å². The minimum Gasteiger partial charge on any atom is -0.466 e. The van der Waals surface area contributed by atoms with Crippen molar-refractivity contribution in [2.45, 2.75) is 32.2 Å². The van der Waals surface area contributed by atoms with Crippen LogP contribution in [0, 0.1) is 0 Å². The molecule has 1 atom stereocenters. The highest BCUT2D eigenvalue weighted by Crippen LogP contribution is 2.13. The summed E-state index contributed by atoms with van der Waals surface area (Å²) in [7, 11) is 0. The van der Waals surface area contributed by atoms with E-state index in [2.05, 4.69) is 10.6 Å². The molecule has 2 rings (SSSR count). The summed E-state index contributed by atoms with van der Waals surface area (Å²) >= 11 is 11.2. The molecule has 0 bridgehead atoms. The van der Waals surface area contributed by atoms with Gasteiger partial charge in [0.2, 0.25) is 5.91 Å². The summed E-state index contributed by atoms with van der Waals surface area (Å²) in [4.78, 5) is 38.1. The average molecular weight is 412 g/mol. The molecule has 1 aliphatic rings. The van der Waals surface area contributed by atoms with Crippen LogP contribution in [0.25, 0.3) is 0 Å². The quantitative estimate of drug-likeness (QED) is 0.422. The zero-order chi connectivity index (χ0) is 19.8. The van der Waals surface area contributed by atoms with E-state index in [1.165, 1.54) is 11.0 Å². The van der Waals surface area contributed by atoms with E-state index in [0.29, 0.717) is 30.3 Å². The zero-order valence-corrected chi connectivity index (χ0v) is 16.6. The first-order chi connectivity index (χ1) is 12.9. The fourth-order valence-corrected chi connectivity index (χ4v) is 3.08. The Hall–Kier alpha value is -2.19. The number of hydrogen-bond donors (Lipinski definition) is 2. The van der Waals surface area contributed by atoms with E-state index in [0.717, 1.165) is 12.8 Å². The van der Waals surface area contributed by atoms with Gasteiger partial charge in [-0.3, -0.25) is 19.7 Å². The number of amides is 2. The minimum absolute atomic E-state index is 0.0844. The fourth-order valence-electron chi connectivity index (χ4n) is 2.58. The first-order valence-corrected chi connectivity index (χ1v) is 9.52. The lowest BCUT2D eigenvalue weighted by Crippen LogP contribution is -2.60. The minimum atomic E-state index is -0.819. The molecule has 1 saturated heterocycles. The Labute approximate surface area is 168 Å². The SMILES string of the molecule is CCCCOC(=O)CC1C(=O)NCCN1C(=S)NC(=O)c1cccc(Cl)c1. The van der Waals surface area contributed by atoms with E-state index in [9.17, 15) is 14.4 Å². The van der Waals surface area contributed by atoms with Gasteiger partial charge < -0.3 is 15.0 Å². The molecular formula is C18H22ClN3O4S. The summed E-state index contributed by atoms with van der Waals surface area (Å²) in [5.41, 5.74) is 0.349. The first kappa shape index (κ1) is 21.1. The third-order valence-electron chi connectivity index (χ3n) is 4.02. The fraction of sp³-hybridized carbons (Fsp3) is 0.444. The first-order valence-electron chi connectivity index (χ1n) is 8.73. The molecule has 1 fully saturated rings. The van der Waals surface area contributed by atoms with Crippen LogP contribution < -0.4 is 10.6 Å². The van der Waals surface area contributed by atoms with Crippen molar-refractivity contribution in [1.82, 2.24) is 15.5 Å². The molecule has 7 nitrogen and oxygen atoms in total. The van der Waals surface area contributed by atoms with Gasteiger partial charge in [0.15, 0.2) is 5.11 Å². The van der Waals surface area contributed by atoms with Gasteiger partial charge in [0.1, 0.15) is 6.04 Å². The highest BCUT2D eigenvalue weighted by atomic mass is 35.5. The largest absolute Gasteiger partial charge is 0.466 e. The van der Waals surface area contributed by atoms with E-state index >= 15 is 0 Å². The van der Waals surface area contributed by atoms with Crippen molar-refractivity contribution < 1.29 is 19.1 Å². The predicted molar refractivity (Wildman–Crippen MR) is 106 cm³/mol. The maximum Gasteiger partial charge on any atom is 0.308 e. The van der Waals surface area contributed by atoms with E-state index in [-0.39, 0.29) is 17.4 Å². The number of rotatable bonds is 6. The van der Waals surface area contributed by atoms with E-state index < -0.39 is 17.9 Å². The third-order valence-corrected chi connectivity index (χ3v) is 4.59. The smallest absolute Gasteiger partial charge is 0.308 e. The lowest BCUT2D eigenvalue weighted by Gasteiger charge is -2.36. The molecule has 1 aromatic rings. The average Bonchev–Trinajstić information content (AvgIpc) is 2.63. The molecule has 0 spiro atoms. The van der Waals surface area contributed by atoms with Crippen molar-refractivity contribution in [3.63, 3.8) is 0 Å². The van der Waals surface area contributed by atoms with Crippen molar-refractivity contribution in [2.24, 2.45) is 0 Å². The number of ether oxygens (including phenoxy) is 1. The molecule has 0 saturated carbocycles. The van der Waals surface area contributed by atoms with Gasteiger partial charge in [-0.25, -0.2) is 0 Å². The van der Waals surface area contributed by atoms with Gasteiger partial charge in [0, 0.05) is 23.7 Å². The lowest BCUT2D eigenvalue weighted by atomic mass is 10.1. The maximum absolute atomic E-state index is 12.4. The summed E-state index contributed by atoms with van der Waals surface area (Å²) in [6, 6.07) is 5.62. The van der Waals surface area contributed by atoms with Gasteiger partial charge >= 0.3 is 5.97 Å². The summed E-state index contributed by atoms with van der Waals surface area (Å²) in [6.45, 7) is 3.06. The Bertz CT molecular complexity index is 728. The molecule has 2 N–H and O–H groups in total. The third kappa shape index (κ3) is 6.18. The molecule has 27 heavy (non-hydrogen) atoms. The number of halogens is 1. The van der Waals surface area contributed by atoms with Crippen LogP contribution in [0.5, 0.6) is 0 Å². The molecule has 1 aliphatic heterocycles. The molecule has 1 aromatic carbocycles. The van der Waals surface area contributed by atoms with Crippen LogP contribution in [0.15, 0.2) is 24.3 Å². The molecule has 2 amide bonds. The van der Waals surface area contributed by atoms with Gasteiger partial charge in [0.05, 0.1) is 13.0 Å². The van der Waals surface area contributed by atoms with Crippen LogP contribution in [0.4, 0.5) is 0 Å². The van der Waals surface area contributed by atoms with E-state index in [1.807, 2.05) is 6.92 Å². The second-order valence-corrected chi connectivity index (χ2v) is 6.87. The second-order valence-electron chi connectivity index (χ2n) is 6.05. The number of carbonyl (C=O) groups excluding carboxylic acids is 3. The molecule has 146 valence electrons. The highest BCUT2D eigenvalue weighted by Gasteiger charge is 2.34. The molecule has 0 aliphatic carbocycles. The number of benzene rings is 1. The zero-order valence-electron chi connectivity index (χ0n) is 15.0. The van der Waals surface area contributed by atoms with Gasteiger partial charge in [-0.05, 0) is 36.8 Å². The second kappa shape index (κ2) is 10.2. The number of thiocarbonyl (C=S) groups is 1. The molecule has 9 heteroatoms. The van der Waals surface area contributed by atoms with Gasteiger partial charge in [0.25, 0.3) is 5.91 Å². The molecule has 0 aromatic heterocycles. The summed E-state index contributed by atoms with van der Waals surface area (Å²) in [5, 5.41) is 5.81. The van der Waals surface area contributed by atoms with Crippen molar-refractivity contribution >= 4 is 46.7 Å². The van der Waals surface area contributed by atoms with Crippen LogP contribution in [0.1, 0.15) is 36.5 Å². The normalized spacial score (nSPS) is 16.4. The van der Waals surface area contributed by atoms with Crippen molar-refractivity contribution in [2.75, 3.05) is 19.7 Å². The number of hydrogen-bond acceptors (Lipinski definition) is 5. The van der Waals surface area contributed by atoms with Crippen LogP contribution >= 0.6 is 23.8 Å². The number of unbranched alkanes of at least 4 members (excludes halogenated alkanes) is 1. The standard InChI is InChI=1S/C18H22ClN3O4S/c1-2-3-9-26-15(23)11-14-17(25)20-7-8-22(14)18(27)21-16(24)12-5-4-6-13(19)10-12/h4-6,10,14H,2-3,7-9,11H2,1H3,(H,20,25)(H,21,24,27).